The van der Waals surface area contributed by atoms with E-state index in [4.69, 9.17) is 24.3 Å². The van der Waals surface area contributed by atoms with Crippen LogP contribution in [0.3, 0.4) is 0 Å². The first kappa shape index (κ1) is 49.0. The van der Waals surface area contributed by atoms with Crippen molar-refractivity contribution in [2.75, 3.05) is 26.4 Å². The SMILES string of the molecule is CCCCCCCCCCCCCCCCCCCC(=O)O[C@H](COC(=O)CCCCCCCCCCCCCC)COP(=O)(O)OCCN. The molecule has 3 N–H and O–H groups in total. The molecule has 50 heavy (non-hydrogen) atoms. The maximum atomic E-state index is 12.6. The fourth-order valence-corrected chi connectivity index (χ4v) is 6.87. The van der Waals surface area contributed by atoms with Crippen LogP contribution in [0.2, 0.25) is 0 Å². The van der Waals surface area contributed by atoms with E-state index < -0.39 is 26.5 Å². The third-order valence-corrected chi connectivity index (χ3v) is 10.2. The molecule has 1 unspecified atom stereocenters. The number of nitrogens with two attached hydrogens (primary N) is 1. The average molecular weight is 734 g/mol. The summed E-state index contributed by atoms with van der Waals surface area (Å²) in [7, 11) is -4.36. The highest BCUT2D eigenvalue weighted by Crippen LogP contribution is 2.43. The van der Waals surface area contributed by atoms with Crippen LogP contribution in [0.5, 0.6) is 0 Å². The molecule has 0 amide bonds. The molecule has 10 heteroatoms. The standard InChI is InChI=1S/C40H80NO8P/c1-3-5-7-9-11-13-15-17-18-19-20-21-23-25-27-29-31-33-40(43)49-38(37-48-50(44,45)47-35-34-41)36-46-39(42)32-30-28-26-24-22-16-14-12-10-8-6-4-2/h38H,3-37,41H2,1-2H3,(H,44,45)/t38-/m1/s1. The maximum absolute atomic E-state index is 12.6. The molecule has 0 heterocycles. The molecule has 9 nitrogen and oxygen atoms in total. The molecule has 0 aliphatic carbocycles. The van der Waals surface area contributed by atoms with Crippen molar-refractivity contribution in [1.82, 2.24) is 0 Å². The molecule has 0 aromatic carbocycles. The third kappa shape index (κ3) is 36.8. The van der Waals surface area contributed by atoms with Gasteiger partial charge in [-0.1, -0.05) is 187 Å². The van der Waals surface area contributed by atoms with Crippen molar-refractivity contribution in [1.29, 1.82) is 0 Å². The van der Waals surface area contributed by atoms with Crippen molar-refractivity contribution < 1.29 is 37.6 Å². The van der Waals surface area contributed by atoms with E-state index in [0.717, 1.165) is 32.1 Å². The Hall–Kier alpha value is -0.990. The summed E-state index contributed by atoms with van der Waals surface area (Å²) in [5, 5.41) is 0. The molecule has 0 aromatic rings. The topological polar surface area (TPSA) is 134 Å². The van der Waals surface area contributed by atoms with Crippen molar-refractivity contribution in [3.05, 3.63) is 0 Å². The van der Waals surface area contributed by atoms with Crippen LogP contribution in [-0.2, 0) is 32.7 Å². The predicted molar refractivity (Wildman–Crippen MR) is 206 cm³/mol. The van der Waals surface area contributed by atoms with E-state index in [1.165, 1.54) is 148 Å². The first-order chi connectivity index (χ1) is 24.3. The lowest BCUT2D eigenvalue weighted by molar-refractivity contribution is -0.161. The van der Waals surface area contributed by atoms with Crippen LogP contribution in [0.15, 0.2) is 0 Å². The van der Waals surface area contributed by atoms with Crippen LogP contribution in [0.1, 0.15) is 213 Å². The number of phosphoric ester groups is 1. The van der Waals surface area contributed by atoms with Gasteiger partial charge in [-0.05, 0) is 12.8 Å². The lowest BCUT2D eigenvalue weighted by Crippen LogP contribution is -2.29. The smallest absolute Gasteiger partial charge is 0.462 e. The Labute approximate surface area is 307 Å². The molecular formula is C40H80NO8P. The van der Waals surface area contributed by atoms with E-state index in [0.29, 0.717) is 6.42 Å². The van der Waals surface area contributed by atoms with Gasteiger partial charge < -0.3 is 20.1 Å². The van der Waals surface area contributed by atoms with Crippen LogP contribution >= 0.6 is 7.82 Å². The second-order valence-electron chi connectivity index (χ2n) is 14.2. The highest BCUT2D eigenvalue weighted by Gasteiger charge is 2.26. The highest BCUT2D eigenvalue weighted by molar-refractivity contribution is 7.47. The predicted octanol–water partition coefficient (Wildman–Crippen LogP) is 11.7. The Kier molecular flexibility index (Phi) is 37.0. The number of carbonyl (C=O) groups excluding carboxylic acids is 2. The minimum Gasteiger partial charge on any atom is -0.462 e. The third-order valence-electron chi connectivity index (χ3n) is 9.24. The van der Waals surface area contributed by atoms with Crippen molar-refractivity contribution in [2.45, 2.75) is 219 Å². The van der Waals surface area contributed by atoms with Gasteiger partial charge in [-0.25, -0.2) is 4.57 Å². The summed E-state index contributed by atoms with van der Waals surface area (Å²) in [6.45, 7) is 3.76. The molecule has 0 spiro atoms. The molecule has 0 fully saturated rings. The molecule has 0 saturated carbocycles. The van der Waals surface area contributed by atoms with Gasteiger partial charge in [0.2, 0.25) is 0 Å². The zero-order valence-corrected chi connectivity index (χ0v) is 33.6. The number of hydrogen-bond donors (Lipinski definition) is 2. The number of carbonyl (C=O) groups is 2. The van der Waals surface area contributed by atoms with Gasteiger partial charge >= 0.3 is 19.8 Å². The molecule has 0 radical (unpaired) electrons. The molecule has 0 saturated heterocycles. The second kappa shape index (κ2) is 37.8. The first-order valence-electron chi connectivity index (χ1n) is 21.0. The highest BCUT2D eigenvalue weighted by atomic mass is 31.2. The largest absolute Gasteiger partial charge is 0.472 e. The number of hydrogen-bond acceptors (Lipinski definition) is 8. The van der Waals surface area contributed by atoms with Gasteiger partial charge in [0, 0.05) is 19.4 Å². The van der Waals surface area contributed by atoms with Crippen LogP contribution < -0.4 is 5.73 Å². The molecule has 0 rings (SSSR count). The number of ether oxygens (including phenoxy) is 2. The van der Waals surface area contributed by atoms with Crippen molar-refractivity contribution >= 4 is 19.8 Å². The lowest BCUT2D eigenvalue weighted by Gasteiger charge is -2.19. The van der Waals surface area contributed by atoms with Crippen LogP contribution in [0, 0.1) is 0 Å². The Bertz CT molecular complexity index is 799. The number of rotatable bonds is 40. The monoisotopic (exact) mass is 734 g/mol. The summed E-state index contributed by atoms with van der Waals surface area (Å²) in [6.07, 6.45) is 35.6. The Morgan fingerprint density at radius 2 is 0.860 bits per heavy atom. The Morgan fingerprint density at radius 1 is 0.520 bits per heavy atom. The fourth-order valence-electron chi connectivity index (χ4n) is 6.11. The minimum atomic E-state index is -4.36. The van der Waals surface area contributed by atoms with Gasteiger partial charge in [0.25, 0.3) is 0 Å². The van der Waals surface area contributed by atoms with Crippen molar-refractivity contribution in [2.24, 2.45) is 5.73 Å². The molecule has 298 valence electrons. The quantitative estimate of drug-likeness (QED) is 0.0358. The summed E-state index contributed by atoms with van der Waals surface area (Å²) in [5.41, 5.74) is 5.34. The van der Waals surface area contributed by atoms with Gasteiger partial charge in [0.15, 0.2) is 6.10 Å². The van der Waals surface area contributed by atoms with E-state index in [1.54, 1.807) is 0 Å². The molecule has 0 aliphatic rings. The van der Waals surface area contributed by atoms with E-state index in [9.17, 15) is 19.0 Å². The summed E-state index contributed by atoms with van der Waals surface area (Å²) in [6, 6.07) is 0. The van der Waals surface area contributed by atoms with Gasteiger partial charge in [-0.2, -0.15) is 0 Å². The number of phosphoric acid groups is 1. The van der Waals surface area contributed by atoms with Gasteiger partial charge in [-0.3, -0.25) is 18.6 Å². The van der Waals surface area contributed by atoms with Crippen LogP contribution in [0.25, 0.3) is 0 Å². The van der Waals surface area contributed by atoms with Gasteiger partial charge in [-0.15, -0.1) is 0 Å². The van der Waals surface area contributed by atoms with Crippen LogP contribution in [0.4, 0.5) is 0 Å². The summed E-state index contributed by atoms with van der Waals surface area (Å²) < 4.78 is 32.7. The first-order valence-corrected chi connectivity index (χ1v) is 22.5. The van der Waals surface area contributed by atoms with E-state index in [2.05, 4.69) is 13.8 Å². The summed E-state index contributed by atoms with van der Waals surface area (Å²) in [5.74, 6) is -0.815. The van der Waals surface area contributed by atoms with Gasteiger partial charge in [0.05, 0.1) is 13.2 Å². The summed E-state index contributed by atoms with van der Waals surface area (Å²) >= 11 is 0. The minimum absolute atomic E-state index is 0.0580. The van der Waals surface area contributed by atoms with Crippen LogP contribution in [-0.4, -0.2) is 49.3 Å². The maximum Gasteiger partial charge on any atom is 0.472 e. The lowest BCUT2D eigenvalue weighted by atomic mass is 10.0. The number of esters is 2. The average Bonchev–Trinajstić information content (AvgIpc) is 3.10. The van der Waals surface area contributed by atoms with Crippen molar-refractivity contribution in [3.63, 3.8) is 0 Å². The second-order valence-corrected chi connectivity index (χ2v) is 15.7. The fraction of sp³-hybridized carbons (Fsp3) is 0.950. The van der Waals surface area contributed by atoms with Crippen molar-refractivity contribution in [3.8, 4) is 0 Å². The molecule has 2 atom stereocenters. The number of unbranched alkanes of at least 4 members (excludes halogenated alkanes) is 27. The zero-order chi connectivity index (χ0) is 36.8. The zero-order valence-electron chi connectivity index (χ0n) is 32.7. The Morgan fingerprint density at radius 3 is 1.22 bits per heavy atom. The van der Waals surface area contributed by atoms with E-state index in [-0.39, 0.29) is 38.6 Å². The van der Waals surface area contributed by atoms with Gasteiger partial charge in [0.1, 0.15) is 6.61 Å². The Balaban J connectivity index is 4.11. The summed E-state index contributed by atoms with van der Waals surface area (Å²) in [4.78, 5) is 34.8. The van der Waals surface area contributed by atoms with E-state index >= 15 is 0 Å². The van der Waals surface area contributed by atoms with E-state index in [1.807, 2.05) is 0 Å². The normalized spacial score (nSPS) is 13.3. The molecule has 0 bridgehead atoms. The molecule has 0 aliphatic heterocycles. The molecule has 0 aromatic heterocycles. The molecular weight excluding hydrogens is 653 g/mol.